The molecular formula is C42H52N8O6. The van der Waals surface area contributed by atoms with Crippen LogP contribution in [0.1, 0.15) is 101 Å². The number of methoxy groups -OCH3 is 2. The lowest BCUT2D eigenvalue weighted by Crippen LogP contribution is -2.49. The first-order valence-electron chi connectivity index (χ1n) is 19.4. The highest BCUT2D eigenvalue weighted by molar-refractivity contribution is 5.87. The topological polar surface area (TPSA) is 175 Å². The third-order valence-electron chi connectivity index (χ3n) is 10.3. The molecule has 6 rings (SSSR count). The number of likely N-dealkylation sites (tertiary alicyclic amines) is 2. The van der Waals surface area contributed by atoms with Crippen LogP contribution in [0, 0.1) is 23.7 Å². The lowest BCUT2D eigenvalue weighted by molar-refractivity contribution is -0.135. The van der Waals surface area contributed by atoms with Gasteiger partial charge >= 0.3 is 12.2 Å². The van der Waals surface area contributed by atoms with Crippen molar-refractivity contribution in [1.29, 1.82) is 0 Å². The molecular weight excluding hydrogens is 713 g/mol. The van der Waals surface area contributed by atoms with Crippen molar-refractivity contribution in [2.75, 3.05) is 27.3 Å². The number of aromatic amines is 2. The number of H-pyrrole nitrogens is 2. The second-order valence-corrected chi connectivity index (χ2v) is 15.4. The number of aromatic nitrogens is 4. The highest BCUT2D eigenvalue weighted by atomic mass is 16.5. The summed E-state index contributed by atoms with van der Waals surface area (Å²) in [6.45, 7) is 9.25. The van der Waals surface area contributed by atoms with Gasteiger partial charge in [-0.2, -0.15) is 0 Å². The molecule has 14 heteroatoms. The van der Waals surface area contributed by atoms with Gasteiger partial charge < -0.3 is 39.9 Å². The van der Waals surface area contributed by atoms with Crippen LogP contribution >= 0.6 is 0 Å². The maximum Gasteiger partial charge on any atom is 0.407 e. The molecule has 296 valence electrons. The molecule has 4 amide bonds. The molecule has 0 aliphatic carbocycles. The summed E-state index contributed by atoms with van der Waals surface area (Å²) in [6.07, 6.45) is 4.80. The third kappa shape index (κ3) is 9.33. The molecule has 2 aliphatic rings. The minimum Gasteiger partial charge on any atom is -0.453 e. The minimum absolute atomic E-state index is 0.131. The van der Waals surface area contributed by atoms with Gasteiger partial charge in [0.1, 0.15) is 23.7 Å². The number of hydrogen-bond donors (Lipinski definition) is 4. The molecule has 4 heterocycles. The van der Waals surface area contributed by atoms with E-state index in [-0.39, 0.29) is 35.7 Å². The standard InChI is InChI=1S/C42H52N8O6/c1-25(2)21-32(47-41(53)55-5)39(51)49-19-7-9-35(49)37-43-24-34(46-37)29-16-13-27(14-17-29)11-12-28-15-18-30-31(23-28)45-38(44-30)36-10-8-20-50(36)40(52)33(22-26(3)4)48-42(54)56-6/h13-18,23-26,32-33,35-36H,7-10,19-22H2,1-6H3,(H,43,46)(H,44,45)(H,47,53)(H,48,54)/t32-,33-,35-,36-/m0/s1. The van der Waals surface area contributed by atoms with Crippen molar-refractivity contribution in [1.82, 2.24) is 40.4 Å². The van der Waals surface area contributed by atoms with Gasteiger partial charge in [-0.25, -0.2) is 19.6 Å². The lowest BCUT2D eigenvalue weighted by atomic mass is 10.0. The van der Waals surface area contributed by atoms with Crippen molar-refractivity contribution < 1.29 is 28.7 Å². The number of fused-ring (bicyclic) bond motifs is 1. The number of amides is 4. The average molecular weight is 765 g/mol. The molecule has 4 aromatic rings. The van der Waals surface area contributed by atoms with E-state index in [1.54, 1.807) is 6.20 Å². The van der Waals surface area contributed by atoms with Gasteiger partial charge in [0.05, 0.1) is 49.2 Å². The summed E-state index contributed by atoms with van der Waals surface area (Å²) in [5, 5.41) is 5.44. The first kappa shape index (κ1) is 39.8. The number of hydrogen-bond acceptors (Lipinski definition) is 8. The molecule has 4 atom stereocenters. The van der Waals surface area contributed by atoms with Crippen LogP contribution in [0.5, 0.6) is 0 Å². The smallest absolute Gasteiger partial charge is 0.407 e. The number of benzene rings is 2. The van der Waals surface area contributed by atoms with Crippen LogP contribution in [0.25, 0.3) is 22.3 Å². The summed E-state index contributed by atoms with van der Waals surface area (Å²) in [5.74, 6) is 8.10. The van der Waals surface area contributed by atoms with E-state index in [2.05, 4.69) is 37.4 Å². The number of alkyl carbamates (subject to hydrolysis) is 2. The Labute approximate surface area is 327 Å². The second kappa shape index (κ2) is 17.7. The van der Waals surface area contributed by atoms with Crippen LogP contribution in [0.2, 0.25) is 0 Å². The summed E-state index contributed by atoms with van der Waals surface area (Å²) >= 11 is 0. The number of rotatable bonds is 11. The Hall–Kier alpha value is -5.84. The lowest BCUT2D eigenvalue weighted by Gasteiger charge is -2.29. The molecule has 0 spiro atoms. The Balaban J connectivity index is 1.12. The minimum atomic E-state index is -0.674. The van der Waals surface area contributed by atoms with Crippen molar-refractivity contribution in [3.8, 4) is 23.1 Å². The molecule has 0 radical (unpaired) electrons. The Morgan fingerprint density at radius 2 is 1.30 bits per heavy atom. The first-order chi connectivity index (χ1) is 26.9. The SMILES string of the molecule is COC(=O)N[C@@H](CC(C)C)C(=O)N1CCC[C@H]1c1ncc(-c2ccc(C#Cc3ccc4nc([C@@H]5CCCN5C(=O)[C@H](CC(C)C)NC(=O)OC)[nH]c4c3)cc2)[nH]1. The van der Waals surface area contributed by atoms with Gasteiger partial charge in [-0.05, 0) is 86.3 Å². The second-order valence-electron chi connectivity index (χ2n) is 15.4. The highest BCUT2D eigenvalue weighted by Gasteiger charge is 2.38. The number of ether oxygens (including phenoxy) is 2. The predicted octanol–water partition coefficient (Wildman–Crippen LogP) is 6.22. The average Bonchev–Trinajstić information content (AvgIpc) is 4.01. The van der Waals surface area contributed by atoms with Crippen LogP contribution in [-0.4, -0.2) is 93.1 Å². The van der Waals surface area contributed by atoms with Crippen LogP contribution in [0.3, 0.4) is 0 Å². The predicted molar refractivity (Wildman–Crippen MR) is 211 cm³/mol. The van der Waals surface area contributed by atoms with Crippen LogP contribution in [0.4, 0.5) is 9.59 Å². The van der Waals surface area contributed by atoms with E-state index in [1.807, 2.05) is 80.0 Å². The van der Waals surface area contributed by atoms with Crippen LogP contribution < -0.4 is 10.6 Å². The molecule has 2 fully saturated rings. The van der Waals surface area contributed by atoms with Gasteiger partial charge in [-0.3, -0.25) is 9.59 Å². The highest BCUT2D eigenvalue weighted by Crippen LogP contribution is 2.34. The molecule has 0 bridgehead atoms. The zero-order valence-corrected chi connectivity index (χ0v) is 33.0. The first-order valence-corrected chi connectivity index (χ1v) is 19.4. The Morgan fingerprint density at radius 3 is 1.86 bits per heavy atom. The molecule has 56 heavy (non-hydrogen) atoms. The fourth-order valence-corrected chi connectivity index (χ4v) is 7.61. The van der Waals surface area contributed by atoms with Gasteiger partial charge in [0, 0.05) is 24.2 Å². The van der Waals surface area contributed by atoms with Gasteiger partial charge in [-0.15, -0.1) is 0 Å². The van der Waals surface area contributed by atoms with E-state index in [9.17, 15) is 19.2 Å². The summed E-state index contributed by atoms with van der Waals surface area (Å²) < 4.78 is 9.56. The van der Waals surface area contributed by atoms with Crippen LogP contribution in [-0.2, 0) is 19.1 Å². The zero-order chi connectivity index (χ0) is 39.9. The van der Waals surface area contributed by atoms with Crippen molar-refractivity contribution in [2.45, 2.75) is 90.4 Å². The Morgan fingerprint density at radius 1 is 0.768 bits per heavy atom. The number of imidazole rings is 2. The fraction of sp³-hybridized carbons (Fsp3) is 0.476. The number of carbonyl (C=O) groups is 4. The van der Waals surface area contributed by atoms with Crippen molar-refractivity contribution in [3.63, 3.8) is 0 Å². The fourth-order valence-electron chi connectivity index (χ4n) is 7.61. The molecule has 2 aromatic carbocycles. The van der Waals surface area contributed by atoms with Gasteiger partial charge in [0.15, 0.2) is 0 Å². The van der Waals surface area contributed by atoms with E-state index in [0.29, 0.717) is 37.6 Å². The quantitative estimate of drug-likeness (QED) is 0.130. The molecule has 2 aromatic heterocycles. The summed E-state index contributed by atoms with van der Waals surface area (Å²) in [4.78, 5) is 71.2. The van der Waals surface area contributed by atoms with E-state index in [4.69, 9.17) is 14.5 Å². The van der Waals surface area contributed by atoms with Gasteiger partial charge in [-0.1, -0.05) is 51.7 Å². The maximum atomic E-state index is 13.6. The molecule has 0 saturated carbocycles. The van der Waals surface area contributed by atoms with Crippen molar-refractivity contribution >= 4 is 35.0 Å². The molecule has 14 nitrogen and oxygen atoms in total. The normalized spacial score (nSPS) is 17.8. The van der Waals surface area contributed by atoms with E-state index in [1.165, 1.54) is 14.2 Å². The van der Waals surface area contributed by atoms with Crippen molar-refractivity contribution in [2.24, 2.45) is 11.8 Å². The molecule has 2 aliphatic heterocycles. The van der Waals surface area contributed by atoms with Crippen LogP contribution in [0.15, 0.2) is 48.7 Å². The number of carbonyl (C=O) groups excluding carboxylic acids is 4. The summed E-state index contributed by atoms with van der Waals surface area (Å²) in [6, 6.07) is 12.0. The largest absolute Gasteiger partial charge is 0.453 e. The summed E-state index contributed by atoms with van der Waals surface area (Å²) in [5.41, 5.74) is 5.07. The van der Waals surface area contributed by atoms with Crippen molar-refractivity contribution in [3.05, 3.63) is 71.4 Å². The van der Waals surface area contributed by atoms with Gasteiger partial charge in [0.2, 0.25) is 11.8 Å². The molecule has 4 N–H and O–H groups in total. The monoisotopic (exact) mass is 764 g/mol. The van der Waals surface area contributed by atoms with E-state index < -0.39 is 24.3 Å². The zero-order valence-electron chi connectivity index (χ0n) is 33.0. The Bertz CT molecular complexity index is 2090. The Kier molecular flexibility index (Phi) is 12.6. The maximum absolute atomic E-state index is 13.6. The molecule has 0 unspecified atom stereocenters. The summed E-state index contributed by atoms with van der Waals surface area (Å²) in [7, 11) is 2.59. The molecule has 2 saturated heterocycles. The number of nitrogens with zero attached hydrogens (tertiary/aromatic N) is 4. The van der Waals surface area contributed by atoms with E-state index >= 15 is 0 Å². The number of nitrogens with one attached hydrogen (secondary N) is 4. The third-order valence-corrected chi connectivity index (χ3v) is 10.3. The van der Waals surface area contributed by atoms with E-state index in [0.717, 1.165) is 59.1 Å². The van der Waals surface area contributed by atoms with Gasteiger partial charge in [0.25, 0.3) is 0 Å².